The second kappa shape index (κ2) is 6.78. The maximum absolute atomic E-state index is 13.6. The van der Waals surface area contributed by atoms with Crippen molar-refractivity contribution in [2.75, 3.05) is 0 Å². The van der Waals surface area contributed by atoms with E-state index in [2.05, 4.69) is 27.6 Å². The first-order valence-electron chi connectivity index (χ1n) is 7.80. The molecule has 0 aliphatic carbocycles. The molecule has 0 fully saturated rings. The molecular weight excluding hydrogens is 327 g/mol. The fraction of sp³-hybridized carbons (Fsp3) is 0.353. The number of hydrogen-bond donors (Lipinski definition) is 1. The number of benzene rings is 1. The lowest BCUT2D eigenvalue weighted by atomic mass is 9.98. The van der Waals surface area contributed by atoms with Gasteiger partial charge in [0.1, 0.15) is 11.5 Å². The lowest BCUT2D eigenvalue weighted by Crippen LogP contribution is -1.99. The van der Waals surface area contributed by atoms with Crippen molar-refractivity contribution in [3.63, 3.8) is 0 Å². The minimum absolute atomic E-state index is 0.382. The molecule has 1 atom stereocenters. The van der Waals surface area contributed by atoms with E-state index >= 15 is 0 Å². The Morgan fingerprint density at radius 2 is 2.08 bits per heavy atom. The van der Waals surface area contributed by atoms with Gasteiger partial charge in [-0.1, -0.05) is 6.92 Å². The Balaban J connectivity index is 2.03. The van der Waals surface area contributed by atoms with Gasteiger partial charge in [-0.05, 0) is 54.7 Å². The van der Waals surface area contributed by atoms with Crippen LogP contribution in [0.15, 0.2) is 24.3 Å². The predicted molar refractivity (Wildman–Crippen MR) is 91.3 cm³/mol. The van der Waals surface area contributed by atoms with Crippen LogP contribution in [-0.4, -0.2) is 24.5 Å². The van der Waals surface area contributed by atoms with Crippen LogP contribution in [0.4, 0.5) is 4.39 Å². The summed E-state index contributed by atoms with van der Waals surface area (Å²) in [5, 5.41) is 18.8. The third kappa shape index (κ3) is 3.37. The first kappa shape index (κ1) is 16.7. The molecule has 0 bridgehead atoms. The number of aliphatic hydroxyl groups excluding tert-OH is 1. The summed E-state index contributed by atoms with van der Waals surface area (Å²) in [5.74, 6) is -0.382. The van der Waals surface area contributed by atoms with Crippen molar-refractivity contribution in [2.45, 2.75) is 32.8 Å². The normalized spacial score (nSPS) is 12.5. The SMILES string of the molecule is CCc1cc(Cc2nn(C)nc2-c2ccc(F)cc2[C@@H](C)O)ns1. The Morgan fingerprint density at radius 1 is 1.29 bits per heavy atom. The Kier molecular flexibility index (Phi) is 4.73. The lowest BCUT2D eigenvalue weighted by Gasteiger charge is -2.11. The van der Waals surface area contributed by atoms with Gasteiger partial charge < -0.3 is 5.11 Å². The highest BCUT2D eigenvalue weighted by molar-refractivity contribution is 7.05. The number of nitrogens with zero attached hydrogens (tertiary/aromatic N) is 4. The molecule has 0 aliphatic rings. The Hall–Kier alpha value is -2.12. The molecule has 1 aromatic carbocycles. The molecule has 0 unspecified atom stereocenters. The van der Waals surface area contributed by atoms with Crippen LogP contribution in [0, 0.1) is 5.82 Å². The Labute approximate surface area is 143 Å². The molecule has 2 aromatic heterocycles. The minimum Gasteiger partial charge on any atom is -0.389 e. The molecule has 126 valence electrons. The molecule has 1 N–H and O–H groups in total. The van der Waals surface area contributed by atoms with E-state index in [0.29, 0.717) is 23.2 Å². The highest BCUT2D eigenvalue weighted by Crippen LogP contribution is 2.30. The van der Waals surface area contributed by atoms with Crippen LogP contribution in [0.3, 0.4) is 0 Å². The van der Waals surface area contributed by atoms with Crippen LogP contribution < -0.4 is 0 Å². The van der Waals surface area contributed by atoms with Crippen LogP contribution in [0.1, 0.15) is 41.8 Å². The van der Waals surface area contributed by atoms with Gasteiger partial charge in [0.15, 0.2) is 0 Å². The van der Waals surface area contributed by atoms with Gasteiger partial charge in [-0.25, -0.2) is 4.39 Å². The van der Waals surface area contributed by atoms with Crippen LogP contribution in [0.5, 0.6) is 0 Å². The summed E-state index contributed by atoms with van der Waals surface area (Å²) in [6, 6.07) is 6.43. The van der Waals surface area contributed by atoms with Crippen molar-refractivity contribution >= 4 is 11.5 Å². The van der Waals surface area contributed by atoms with Crippen molar-refractivity contribution in [3.05, 3.63) is 51.9 Å². The third-order valence-electron chi connectivity index (χ3n) is 3.81. The lowest BCUT2D eigenvalue weighted by molar-refractivity contribution is 0.199. The third-order valence-corrected chi connectivity index (χ3v) is 4.77. The Bertz CT molecular complexity index is 856. The second-order valence-electron chi connectivity index (χ2n) is 5.71. The van der Waals surface area contributed by atoms with Crippen molar-refractivity contribution < 1.29 is 9.50 Å². The molecule has 24 heavy (non-hydrogen) atoms. The number of hydrogen-bond acceptors (Lipinski definition) is 5. The van der Waals surface area contributed by atoms with Gasteiger partial charge in [-0.3, -0.25) is 0 Å². The predicted octanol–water partition coefficient (Wildman–Crippen LogP) is 3.28. The molecule has 0 saturated carbocycles. The van der Waals surface area contributed by atoms with Crippen LogP contribution in [0.25, 0.3) is 11.3 Å². The summed E-state index contributed by atoms with van der Waals surface area (Å²) in [7, 11) is 1.75. The van der Waals surface area contributed by atoms with E-state index in [0.717, 1.165) is 17.8 Å². The first-order chi connectivity index (χ1) is 11.5. The Morgan fingerprint density at radius 3 is 2.75 bits per heavy atom. The van der Waals surface area contributed by atoms with E-state index in [9.17, 15) is 9.50 Å². The number of aliphatic hydroxyl groups is 1. The molecular formula is C17H19FN4OS. The highest BCUT2D eigenvalue weighted by Gasteiger charge is 2.19. The van der Waals surface area contributed by atoms with Gasteiger partial charge in [0.2, 0.25) is 0 Å². The fourth-order valence-corrected chi connectivity index (χ4v) is 3.32. The quantitative estimate of drug-likeness (QED) is 0.770. The van der Waals surface area contributed by atoms with Crippen molar-refractivity contribution in [3.8, 4) is 11.3 Å². The van der Waals surface area contributed by atoms with E-state index in [1.807, 2.05) is 0 Å². The topological polar surface area (TPSA) is 63.8 Å². The standard InChI is InChI=1S/C17H19FN4OS/c1-4-13-8-12(21-24-13)9-16-17(20-22(3)19-16)14-6-5-11(18)7-15(14)10(2)23/h5-8,10,23H,4,9H2,1-3H3/t10-/m1/s1. The maximum Gasteiger partial charge on any atom is 0.123 e. The summed E-state index contributed by atoms with van der Waals surface area (Å²) in [6.45, 7) is 3.71. The summed E-state index contributed by atoms with van der Waals surface area (Å²) >= 11 is 1.49. The zero-order valence-electron chi connectivity index (χ0n) is 13.8. The molecule has 5 nitrogen and oxygen atoms in total. The molecule has 7 heteroatoms. The van der Waals surface area contributed by atoms with Gasteiger partial charge in [-0.15, -0.1) is 0 Å². The minimum atomic E-state index is -0.795. The molecule has 0 spiro atoms. The largest absolute Gasteiger partial charge is 0.389 e. The smallest absolute Gasteiger partial charge is 0.123 e. The van der Waals surface area contributed by atoms with E-state index < -0.39 is 6.10 Å². The van der Waals surface area contributed by atoms with Crippen LogP contribution in [0.2, 0.25) is 0 Å². The van der Waals surface area contributed by atoms with Gasteiger partial charge >= 0.3 is 0 Å². The number of rotatable bonds is 5. The number of aryl methyl sites for hydroxylation is 2. The fourth-order valence-electron chi connectivity index (χ4n) is 2.65. The zero-order valence-corrected chi connectivity index (χ0v) is 14.6. The van der Waals surface area contributed by atoms with Crippen LogP contribution in [-0.2, 0) is 19.9 Å². The molecule has 0 radical (unpaired) electrons. The zero-order chi connectivity index (χ0) is 17.3. The second-order valence-corrected chi connectivity index (χ2v) is 6.60. The summed E-state index contributed by atoms with van der Waals surface area (Å²) < 4.78 is 18.0. The average molecular weight is 346 g/mol. The van der Waals surface area contributed by atoms with Crippen molar-refractivity contribution in [1.82, 2.24) is 19.4 Å². The first-order valence-corrected chi connectivity index (χ1v) is 8.57. The average Bonchev–Trinajstić information content (AvgIpc) is 3.14. The van der Waals surface area contributed by atoms with E-state index in [1.165, 1.54) is 33.3 Å². The molecule has 3 rings (SSSR count). The molecule has 3 aromatic rings. The number of halogens is 1. The van der Waals surface area contributed by atoms with E-state index in [-0.39, 0.29) is 5.82 Å². The van der Waals surface area contributed by atoms with Crippen molar-refractivity contribution in [2.24, 2.45) is 7.05 Å². The molecule has 0 aliphatic heterocycles. The summed E-state index contributed by atoms with van der Waals surface area (Å²) in [4.78, 5) is 2.72. The highest BCUT2D eigenvalue weighted by atomic mass is 32.1. The van der Waals surface area contributed by atoms with Gasteiger partial charge in [-0.2, -0.15) is 19.4 Å². The van der Waals surface area contributed by atoms with Crippen molar-refractivity contribution in [1.29, 1.82) is 0 Å². The molecule has 0 amide bonds. The molecule has 2 heterocycles. The maximum atomic E-state index is 13.6. The molecule has 0 saturated heterocycles. The summed E-state index contributed by atoms with van der Waals surface area (Å²) in [5.41, 5.74) is 3.56. The van der Waals surface area contributed by atoms with E-state index in [4.69, 9.17) is 0 Å². The van der Waals surface area contributed by atoms with Gasteiger partial charge in [0.05, 0.1) is 17.5 Å². The van der Waals surface area contributed by atoms with E-state index in [1.54, 1.807) is 20.0 Å². The van der Waals surface area contributed by atoms with Crippen LogP contribution >= 0.6 is 11.5 Å². The monoisotopic (exact) mass is 346 g/mol. The number of aromatic nitrogens is 4. The van der Waals surface area contributed by atoms with Gasteiger partial charge in [0.25, 0.3) is 0 Å². The summed E-state index contributed by atoms with van der Waals surface area (Å²) in [6.07, 6.45) is 0.710. The van der Waals surface area contributed by atoms with Gasteiger partial charge in [0, 0.05) is 23.9 Å².